The zero-order valence-electron chi connectivity index (χ0n) is 19.7. The van der Waals surface area contributed by atoms with Crippen LogP contribution in [0.1, 0.15) is 53.6 Å². The first-order valence-corrected chi connectivity index (χ1v) is 12.0. The maximum Gasteiger partial charge on any atom is 0.296 e. The van der Waals surface area contributed by atoms with Crippen LogP contribution < -0.4 is 15.1 Å². The van der Waals surface area contributed by atoms with Crippen molar-refractivity contribution in [2.45, 2.75) is 33.2 Å². The molecule has 0 radical (unpaired) electrons. The summed E-state index contributed by atoms with van der Waals surface area (Å²) in [6.45, 7) is 6.79. The van der Waals surface area contributed by atoms with Crippen LogP contribution in [0.15, 0.2) is 70.0 Å². The summed E-state index contributed by atoms with van der Waals surface area (Å²) in [6.07, 6.45) is 2.57. The van der Waals surface area contributed by atoms with E-state index in [2.05, 4.69) is 18.8 Å². The molecule has 6 nitrogen and oxygen atoms in total. The van der Waals surface area contributed by atoms with E-state index in [9.17, 15) is 9.59 Å². The molecule has 1 aliphatic heterocycles. The standard InChI is InChI=1S/C28H25ClN2O4/c1-16(2)10-12-34-20-6-4-5-18(14-20)25-24-26(32)21-15-19(29)7-8-22(21)35-27(24)28(33)31(25)23-13-17(3)9-11-30-23/h4-9,11,13-16,25H,10,12H2,1-3H3/t25-/m1/s1. The fourth-order valence-electron chi connectivity index (χ4n) is 4.34. The van der Waals surface area contributed by atoms with Gasteiger partial charge in [0.1, 0.15) is 17.2 Å². The van der Waals surface area contributed by atoms with E-state index in [0.29, 0.717) is 40.1 Å². The lowest BCUT2D eigenvalue weighted by molar-refractivity contribution is 0.0970. The lowest BCUT2D eigenvalue weighted by atomic mass is 9.98. The summed E-state index contributed by atoms with van der Waals surface area (Å²) < 4.78 is 12.0. The molecule has 178 valence electrons. The average Bonchev–Trinajstić information content (AvgIpc) is 3.12. The number of aromatic nitrogens is 1. The highest BCUT2D eigenvalue weighted by Crippen LogP contribution is 2.41. The van der Waals surface area contributed by atoms with Crippen LogP contribution in [0.5, 0.6) is 5.75 Å². The minimum Gasteiger partial charge on any atom is -0.494 e. The van der Waals surface area contributed by atoms with E-state index < -0.39 is 11.9 Å². The molecule has 2 aromatic heterocycles. The van der Waals surface area contributed by atoms with Gasteiger partial charge in [0.2, 0.25) is 5.76 Å². The molecule has 0 saturated heterocycles. The topological polar surface area (TPSA) is 72.6 Å². The van der Waals surface area contributed by atoms with E-state index in [1.807, 2.05) is 43.3 Å². The first-order chi connectivity index (χ1) is 16.8. The molecule has 0 bridgehead atoms. The van der Waals surface area contributed by atoms with Crippen molar-refractivity contribution in [3.8, 4) is 5.75 Å². The van der Waals surface area contributed by atoms with Gasteiger partial charge in [0.15, 0.2) is 5.43 Å². The minimum absolute atomic E-state index is 0.0178. The second-order valence-electron chi connectivity index (χ2n) is 9.19. The Bertz CT molecular complexity index is 1490. The molecule has 0 saturated carbocycles. The normalized spacial score (nSPS) is 15.2. The van der Waals surface area contributed by atoms with Crippen molar-refractivity contribution in [1.82, 2.24) is 4.98 Å². The zero-order chi connectivity index (χ0) is 24.7. The third-order valence-corrected chi connectivity index (χ3v) is 6.35. The molecule has 35 heavy (non-hydrogen) atoms. The van der Waals surface area contributed by atoms with Gasteiger partial charge in [-0.2, -0.15) is 0 Å². The number of halogens is 1. The van der Waals surface area contributed by atoms with Crippen molar-refractivity contribution < 1.29 is 13.9 Å². The monoisotopic (exact) mass is 488 g/mol. The van der Waals surface area contributed by atoms with Gasteiger partial charge in [-0.15, -0.1) is 0 Å². The van der Waals surface area contributed by atoms with Crippen LogP contribution in [0.4, 0.5) is 5.82 Å². The molecule has 4 aromatic rings. The number of pyridine rings is 1. The van der Waals surface area contributed by atoms with Gasteiger partial charge < -0.3 is 9.15 Å². The molecule has 1 atom stereocenters. The molecule has 0 fully saturated rings. The van der Waals surface area contributed by atoms with Crippen molar-refractivity contribution in [2.75, 3.05) is 11.5 Å². The zero-order valence-corrected chi connectivity index (χ0v) is 20.5. The molecule has 0 spiro atoms. The Kier molecular flexibility index (Phi) is 6.07. The van der Waals surface area contributed by atoms with Crippen LogP contribution in [-0.2, 0) is 0 Å². The predicted octanol–water partition coefficient (Wildman–Crippen LogP) is 6.32. The Morgan fingerprint density at radius 3 is 2.71 bits per heavy atom. The van der Waals surface area contributed by atoms with Crippen LogP contribution >= 0.6 is 11.6 Å². The molecule has 0 aliphatic carbocycles. The van der Waals surface area contributed by atoms with Crippen molar-refractivity contribution >= 4 is 34.3 Å². The summed E-state index contributed by atoms with van der Waals surface area (Å²) in [5.41, 5.74) is 1.97. The molecule has 5 rings (SSSR count). The van der Waals surface area contributed by atoms with Crippen LogP contribution in [0.2, 0.25) is 5.02 Å². The quantitative estimate of drug-likeness (QED) is 0.317. The maximum atomic E-state index is 13.7. The van der Waals surface area contributed by atoms with Gasteiger partial charge in [0, 0.05) is 11.2 Å². The number of anilines is 1. The smallest absolute Gasteiger partial charge is 0.296 e. The number of ether oxygens (including phenoxy) is 1. The summed E-state index contributed by atoms with van der Waals surface area (Å²) in [5, 5.41) is 0.751. The fourth-order valence-corrected chi connectivity index (χ4v) is 4.51. The van der Waals surface area contributed by atoms with Crippen molar-refractivity contribution in [1.29, 1.82) is 0 Å². The molecule has 1 amide bonds. The lowest BCUT2D eigenvalue weighted by Gasteiger charge is -2.24. The Balaban J connectivity index is 1.69. The van der Waals surface area contributed by atoms with Crippen LogP contribution in [0, 0.1) is 12.8 Å². The van der Waals surface area contributed by atoms with Crippen molar-refractivity contribution in [2.24, 2.45) is 5.92 Å². The van der Waals surface area contributed by atoms with Gasteiger partial charge in [-0.25, -0.2) is 4.98 Å². The van der Waals surface area contributed by atoms with E-state index in [-0.39, 0.29) is 16.8 Å². The molecule has 0 unspecified atom stereocenters. The Morgan fingerprint density at radius 2 is 1.94 bits per heavy atom. The first kappa shape index (κ1) is 23.1. The number of hydrogen-bond donors (Lipinski definition) is 0. The van der Waals surface area contributed by atoms with E-state index in [1.54, 1.807) is 24.4 Å². The van der Waals surface area contributed by atoms with Gasteiger partial charge in [-0.05, 0) is 72.9 Å². The van der Waals surface area contributed by atoms with E-state index >= 15 is 0 Å². The van der Waals surface area contributed by atoms with Gasteiger partial charge in [-0.3, -0.25) is 14.5 Å². The van der Waals surface area contributed by atoms with Crippen LogP contribution in [-0.4, -0.2) is 17.5 Å². The number of benzene rings is 2. The molecular weight excluding hydrogens is 464 g/mol. The second kappa shape index (κ2) is 9.19. The molecule has 3 heterocycles. The minimum atomic E-state index is -0.722. The highest BCUT2D eigenvalue weighted by atomic mass is 35.5. The number of amides is 1. The van der Waals surface area contributed by atoms with E-state index in [1.165, 1.54) is 4.90 Å². The number of hydrogen-bond acceptors (Lipinski definition) is 5. The predicted molar refractivity (Wildman–Crippen MR) is 137 cm³/mol. The van der Waals surface area contributed by atoms with Gasteiger partial charge >= 0.3 is 0 Å². The summed E-state index contributed by atoms with van der Waals surface area (Å²) in [5.74, 6) is 1.24. The molecule has 0 N–H and O–H groups in total. The van der Waals surface area contributed by atoms with Crippen molar-refractivity contribution in [3.05, 3.63) is 98.5 Å². The molecule has 2 aromatic carbocycles. The third-order valence-electron chi connectivity index (χ3n) is 6.12. The summed E-state index contributed by atoms with van der Waals surface area (Å²) in [7, 11) is 0. The van der Waals surface area contributed by atoms with Crippen LogP contribution in [0.3, 0.4) is 0 Å². The lowest BCUT2D eigenvalue weighted by Crippen LogP contribution is -2.30. The van der Waals surface area contributed by atoms with Gasteiger partial charge in [0.25, 0.3) is 5.91 Å². The molecule has 1 aliphatic rings. The second-order valence-corrected chi connectivity index (χ2v) is 9.62. The summed E-state index contributed by atoms with van der Waals surface area (Å²) >= 11 is 6.17. The maximum absolute atomic E-state index is 13.7. The number of carbonyl (C=O) groups excluding carboxylic acids is 1. The van der Waals surface area contributed by atoms with Crippen LogP contribution in [0.25, 0.3) is 11.0 Å². The Morgan fingerprint density at radius 1 is 1.11 bits per heavy atom. The average molecular weight is 489 g/mol. The highest BCUT2D eigenvalue weighted by Gasteiger charge is 2.44. The molecular formula is C28H25ClN2O4. The third kappa shape index (κ3) is 4.30. The largest absolute Gasteiger partial charge is 0.494 e. The van der Waals surface area contributed by atoms with Gasteiger partial charge in [-0.1, -0.05) is 37.6 Å². The van der Waals surface area contributed by atoms with Crippen molar-refractivity contribution in [3.63, 3.8) is 0 Å². The number of carbonyl (C=O) groups is 1. The number of nitrogens with zero attached hydrogens (tertiary/aromatic N) is 2. The molecule has 7 heteroatoms. The number of aryl methyl sites for hydroxylation is 1. The highest BCUT2D eigenvalue weighted by molar-refractivity contribution is 6.31. The SMILES string of the molecule is Cc1ccnc(N2C(=O)c3oc4ccc(Cl)cc4c(=O)c3[C@H]2c2cccc(OCCC(C)C)c2)c1. The van der Waals surface area contributed by atoms with E-state index in [4.69, 9.17) is 20.8 Å². The first-order valence-electron chi connectivity index (χ1n) is 11.6. The number of fused-ring (bicyclic) bond motifs is 2. The fraction of sp³-hybridized carbons (Fsp3) is 0.250. The van der Waals surface area contributed by atoms with Gasteiger partial charge in [0.05, 0.1) is 23.6 Å². The summed E-state index contributed by atoms with van der Waals surface area (Å²) in [4.78, 5) is 33.4. The Hall–Kier alpha value is -3.64. The number of rotatable bonds is 6. The summed E-state index contributed by atoms with van der Waals surface area (Å²) in [6, 6.07) is 15.3. The Labute approximate surface area is 208 Å². The van der Waals surface area contributed by atoms with E-state index in [0.717, 1.165) is 17.5 Å².